The summed E-state index contributed by atoms with van der Waals surface area (Å²) in [5, 5.41) is 13.0. The lowest BCUT2D eigenvalue weighted by Crippen LogP contribution is -2.33. The van der Waals surface area contributed by atoms with Crippen molar-refractivity contribution in [1.29, 1.82) is 0 Å². The lowest BCUT2D eigenvalue weighted by molar-refractivity contribution is 0.0743. The van der Waals surface area contributed by atoms with Crippen molar-refractivity contribution in [3.05, 3.63) is 48.3 Å². The summed E-state index contributed by atoms with van der Waals surface area (Å²) in [6.07, 6.45) is 3.88. The molecule has 0 bridgehead atoms. The van der Waals surface area contributed by atoms with Crippen molar-refractivity contribution < 1.29 is 14.4 Å². The van der Waals surface area contributed by atoms with Crippen molar-refractivity contribution in [2.24, 2.45) is 0 Å². The lowest BCUT2D eigenvalue weighted by Gasteiger charge is -2.19. The van der Waals surface area contributed by atoms with Crippen LogP contribution >= 0.6 is 0 Å². The number of aromatic nitrogens is 2. The molecule has 1 fully saturated rings. The number of nitrogens with zero attached hydrogens (tertiary/aromatic N) is 3. The van der Waals surface area contributed by atoms with Gasteiger partial charge < -0.3 is 14.5 Å². The molecule has 1 aliphatic carbocycles. The fourth-order valence-electron chi connectivity index (χ4n) is 2.35. The van der Waals surface area contributed by atoms with Crippen LogP contribution in [0.15, 0.2) is 41.4 Å². The molecule has 0 radical (unpaired) electrons. The number of aliphatic hydroxyl groups excluding tert-OH is 1. The second-order valence-corrected chi connectivity index (χ2v) is 5.57. The number of rotatable bonds is 7. The van der Waals surface area contributed by atoms with Gasteiger partial charge in [-0.15, -0.1) is 6.58 Å². The van der Waals surface area contributed by atoms with Crippen LogP contribution in [0, 0.1) is 0 Å². The molecule has 1 aliphatic rings. The first-order chi connectivity index (χ1) is 11.2. The summed E-state index contributed by atoms with van der Waals surface area (Å²) in [4.78, 5) is 18.3. The van der Waals surface area contributed by atoms with E-state index in [0.29, 0.717) is 23.9 Å². The smallest absolute Gasteiger partial charge is 0.257 e. The molecule has 6 nitrogen and oxygen atoms in total. The number of aliphatic hydroxyl groups is 1. The Morgan fingerprint density at radius 1 is 1.39 bits per heavy atom. The minimum Gasteiger partial charge on any atom is -0.395 e. The predicted octanol–water partition coefficient (Wildman–Crippen LogP) is 2.23. The van der Waals surface area contributed by atoms with Crippen LogP contribution in [-0.4, -0.2) is 45.8 Å². The van der Waals surface area contributed by atoms with Crippen molar-refractivity contribution in [2.75, 3.05) is 19.7 Å². The maximum Gasteiger partial charge on any atom is 0.257 e. The highest BCUT2D eigenvalue weighted by Gasteiger charge is 2.29. The Morgan fingerprint density at radius 3 is 2.74 bits per heavy atom. The van der Waals surface area contributed by atoms with E-state index in [1.165, 1.54) is 0 Å². The maximum absolute atomic E-state index is 12.4. The number of hydrogen-bond acceptors (Lipinski definition) is 5. The van der Waals surface area contributed by atoms with Gasteiger partial charge in [0.1, 0.15) is 0 Å². The highest BCUT2D eigenvalue weighted by molar-refractivity contribution is 5.94. The van der Waals surface area contributed by atoms with Gasteiger partial charge >= 0.3 is 0 Å². The third-order valence-corrected chi connectivity index (χ3v) is 3.77. The molecule has 1 aromatic heterocycles. The van der Waals surface area contributed by atoms with E-state index < -0.39 is 0 Å². The highest BCUT2D eigenvalue weighted by atomic mass is 16.5. The van der Waals surface area contributed by atoms with Crippen LogP contribution in [-0.2, 0) is 0 Å². The Balaban J connectivity index is 1.74. The van der Waals surface area contributed by atoms with Gasteiger partial charge in [-0.25, -0.2) is 0 Å². The fourth-order valence-corrected chi connectivity index (χ4v) is 2.35. The van der Waals surface area contributed by atoms with Crippen LogP contribution in [0.1, 0.15) is 34.9 Å². The summed E-state index contributed by atoms with van der Waals surface area (Å²) in [7, 11) is 0. The molecule has 6 heteroatoms. The van der Waals surface area contributed by atoms with Gasteiger partial charge in [-0.1, -0.05) is 11.2 Å². The molecule has 0 unspecified atom stereocenters. The third kappa shape index (κ3) is 3.48. The molecule has 0 atom stereocenters. The topological polar surface area (TPSA) is 79.5 Å². The van der Waals surface area contributed by atoms with Crippen LogP contribution in [0.25, 0.3) is 11.5 Å². The van der Waals surface area contributed by atoms with Crippen molar-refractivity contribution in [2.45, 2.75) is 18.8 Å². The zero-order valence-electron chi connectivity index (χ0n) is 12.8. The molecule has 0 saturated heterocycles. The summed E-state index contributed by atoms with van der Waals surface area (Å²) in [5.74, 6) is 1.54. The van der Waals surface area contributed by atoms with E-state index in [2.05, 4.69) is 16.7 Å². The van der Waals surface area contributed by atoms with Crippen molar-refractivity contribution in [1.82, 2.24) is 15.0 Å². The van der Waals surface area contributed by atoms with E-state index in [4.69, 9.17) is 9.63 Å². The molecule has 1 saturated carbocycles. The first kappa shape index (κ1) is 15.4. The van der Waals surface area contributed by atoms with E-state index in [1.54, 1.807) is 35.2 Å². The number of amides is 1. The maximum atomic E-state index is 12.4. The van der Waals surface area contributed by atoms with E-state index in [1.807, 2.05) is 0 Å². The quantitative estimate of drug-likeness (QED) is 0.793. The molecule has 0 spiro atoms. The third-order valence-electron chi connectivity index (χ3n) is 3.77. The summed E-state index contributed by atoms with van der Waals surface area (Å²) in [6.45, 7) is 4.23. The van der Waals surface area contributed by atoms with Crippen LogP contribution in [0.2, 0.25) is 0 Å². The minimum absolute atomic E-state index is 0.0798. The van der Waals surface area contributed by atoms with Crippen LogP contribution in [0.5, 0.6) is 0 Å². The molecule has 3 rings (SSSR count). The van der Waals surface area contributed by atoms with Gasteiger partial charge in [0.2, 0.25) is 0 Å². The molecular weight excluding hydrogens is 294 g/mol. The molecular formula is C17H19N3O3. The predicted molar refractivity (Wildman–Crippen MR) is 84.9 cm³/mol. The first-order valence-corrected chi connectivity index (χ1v) is 7.68. The summed E-state index contributed by atoms with van der Waals surface area (Å²) in [6, 6.07) is 7.04. The summed E-state index contributed by atoms with van der Waals surface area (Å²) in [5.41, 5.74) is 1.34. The Bertz CT molecular complexity index is 689. The number of benzene rings is 1. The van der Waals surface area contributed by atoms with E-state index >= 15 is 0 Å². The molecule has 120 valence electrons. The number of carbonyl (C=O) groups is 1. The van der Waals surface area contributed by atoms with Crippen LogP contribution in [0.3, 0.4) is 0 Å². The fraction of sp³-hybridized carbons (Fsp3) is 0.353. The van der Waals surface area contributed by atoms with Gasteiger partial charge in [0.05, 0.1) is 6.61 Å². The zero-order chi connectivity index (χ0) is 16.2. The van der Waals surface area contributed by atoms with Gasteiger partial charge in [-0.2, -0.15) is 4.98 Å². The van der Waals surface area contributed by atoms with Gasteiger partial charge in [-0.3, -0.25) is 4.79 Å². The number of carbonyl (C=O) groups excluding carboxylic acids is 1. The second-order valence-electron chi connectivity index (χ2n) is 5.57. The van der Waals surface area contributed by atoms with E-state index in [-0.39, 0.29) is 19.1 Å². The Labute approximate surface area is 134 Å². The second kappa shape index (κ2) is 6.75. The Kier molecular flexibility index (Phi) is 4.52. The summed E-state index contributed by atoms with van der Waals surface area (Å²) >= 11 is 0. The Hall–Kier alpha value is -2.47. The number of hydrogen-bond donors (Lipinski definition) is 1. The molecule has 1 amide bonds. The SMILES string of the molecule is C=CCN(CCO)C(=O)c1ccc(-c2nc(C3CC3)no2)cc1. The largest absolute Gasteiger partial charge is 0.395 e. The molecule has 1 aromatic carbocycles. The monoisotopic (exact) mass is 313 g/mol. The molecule has 23 heavy (non-hydrogen) atoms. The first-order valence-electron chi connectivity index (χ1n) is 7.68. The van der Waals surface area contributed by atoms with Crippen molar-refractivity contribution in [3.8, 4) is 11.5 Å². The Morgan fingerprint density at radius 2 is 2.13 bits per heavy atom. The van der Waals surface area contributed by atoms with Gasteiger partial charge in [0.25, 0.3) is 11.8 Å². The molecule has 2 aromatic rings. The lowest BCUT2D eigenvalue weighted by atomic mass is 10.1. The average Bonchev–Trinajstić information content (AvgIpc) is 3.31. The van der Waals surface area contributed by atoms with Crippen LogP contribution < -0.4 is 0 Å². The van der Waals surface area contributed by atoms with E-state index in [0.717, 1.165) is 24.2 Å². The minimum atomic E-state index is -0.144. The van der Waals surface area contributed by atoms with Gasteiger partial charge in [-0.05, 0) is 37.1 Å². The van der Waals surface area contributed by atoms with E-state index in [9.17, 15) is 4.79 Å². The van der Waals surface area contributed by atoms with Crippen molar-refractivity contribution >= 4 is 5.91 Å². The van der Waals surface area contributed by atoms with Gasteiger partial charge in [0, 0.05) is 30.1 Å². The van der Waals surface area contributed by atoms with Crippen LogP contribution in [0.4, 0.5) is 0 Å². The molecule has 1 N–H and O–H groups in total. The summed E-state index contributed by atoms with van der Waals surface area (Å²) < 4.78 is 5.27. The average molecular weight is 313 g/mol. The molecule has 1 heterocycles. The standard InChI is InChI=1S/C17H19N3O3/c1-2-9-20(10-11-21)17(22)14-7-5-13(6-8-14)16-18-15(19-23-16)12-3-4-12/h2,5-8,12,21H,1,3-4,9-11H2. The highest BCUT2D eigenvalue weighted by Crippen LogP contribution is 2.38. The zero-order valence-corrected chi connectivity index (χ0v) is 12.8. The molecule has 0 aliphatic heterocycles. The normalized spacial score (nSPS) is 13.8. The van der Waals surface area contributed by atoms with Crippen molar-refractivity contribution in [3.63, 3.8) is 0 Å². The van der Waals surface area contributed by atoms with Gasteiger partial charge in [0.15, 0.2) is 5.82 Å².